The average Bonchev–Trinajstić information content (AvgIpc) is 2.83. The number of ether oxygens (including phenoxy) is 1. The van der Waals surface area contributed by atoms with E-state index in [0.29, 0.717) is 16.9 Å². The van der Waals surface area contributed by atoms with Crippen LogP contribution in [0.3, 0.4) is 0 Å². The van der Waals surface area contributed by atoms with Crippen molar-refractivity contribution in [3.8, 4) is 11.8 Å². The molecule has 3 aromatic rings. The first-order valence-electron chi connectivity index (χ1n) is 10.2. The number of nitrogens with one attached hydrogen (secondary N) is 1. The van der Waals surface area contributed by atoms with Gasteiger partial charge in [0.1, 0.15) is 17.9 Å². The van der Waals surface area contributed by atoms with Crippen molar-refractivity contribution in [2.45, 2.75) is 6.61 Å². The van der Waals surface area contributed by atoms with Crippen LogP contribution in [-0.2, 0) is 16.2 Å². The van der Waals surface area contributed by atoms with E-state index < -0.39 is 11.8 Å². The van der Waals surface area contributed by atoms with E-state index in [1.165, 1.54) is 11.0 Å². The number of carbonyl (C=O) groups is 2. The second-order valence-corrected chi connectivity index (χ2v) is 7.66. The topological polar surface area (TPSA) is 82.4 Å². The van der Waals surface area contributed by atoms with Crippen LogP contribution < -0.4 is 10.1 Å². The van der Waals surface area contributed by atoms with E-state index >= 15 is 0 Å². The van der Waals surface area contributed by atoms with E-state index in [-0.39, 0.29) is 23.8 Å². The van der Waals surface area contributed by atoms with Gasteiger partial charge in [-0.1, -0.05) is 54.6 Å². The smallest absolute Gasteiger partial charge is 0.265 e. The first kappa shape index (κ1) is 21.9. The molecule has 1 fully saturated rings. The number of benzene rings is 3. The van der Waals surface area contributed by atoms with Crippen molar-refractivity contribution in [3.05, 3.63) is 95.6 Å². The van der Waals surface area contributed by atoms with Crippen LogP contribution in [0.4, 0.5) is 0 Å². The monoisotopic (exact) mass is 453 g/mol. The normalized spacial score (nSPS) is 14.8. The quantitative estimate of drug-likeness (QED) is 0.263. The highest BCUT2D eigenvalue weighted by molar-refractivity contribution is 7.80. The third-order valence-electron chi connectivity index (χ3n) is 5.24. The molecule has 7 heteroatoms. The number of nitrogens with zero attached hydrogens (tertiary/aromatic N) is 2. The zero-order chi connectivity index (χ0) is 23.4. The van der Waals surface area contributed by atoms with Crippen molar-refractivity contribution in [1.29, 1.82) is 5.26 Å². The molecule has 1 aliphatic rings. The minimum Gasteiger partial charge on any atom is -0.488 e. The Bertz CT molecular complexity index is 1370. The summed E-state index contributed by atoms with van der Waals surface area (Å²) in [6.45, 7) is 3.98. The Morgan fingerprint density at radius 3 is 2.64 bits per heavy atom. The lowest BCUT2D eigenvalue weighted by molar-refractivity contribution is -0.128. The third kappa shape index (κ3) is 4.38. The number of hydrogen-bond donors (Lipinski definition) is 1. The van der Waals surface area contributed by atoms with Gasteiger partial charge < -0.3 is 4.74 Å². The van der Waals surface area contributed by atoms with Crippen molar-refractivity contribution in [2.24, 2.45) is 0 Å². The summed E-state index contributed by atoms with van der Waals surface area (Å²) < 4.78 is 6.09. The van der Waals surface area contributed by atoms with Gasteiger partial charge in [0, 0.05) is 17.7 Å². The molecule has 4 rings (SSSR count). The number of nitriles is 1. The standard InChI is InChI=1S/C26H19N3O3S/c1-2-13-29-25(31)22(24(30)28-26(29)33)14-21-20-10-6-5-7-17(20)11-12-23(21)32-16-19-9-4-3-8-18(19)15-27/h2-12,14H,1,13,16H2,(H,28,30,33)/b22-14+. The van der Waals surface area contributed by atoms with Crippen LogP contribution in [-0.4, -0.2) is 28.4 Å². The molecule has 1 N–H and O–H groups in total. The molecule has 1 saturated heterocycles. The van der Waals surface area contributed by atoms with Crippen LogP contribution in [0.25, 0.3) is 16.8 Å². The first-order chi connectivity index (χ1) is 16.0. The lowest BCUT2D eigenvalue weighted by Gasteiger charge is -2.28. The number of hydrogen-bond acceptors (Lipinski definition) is 5. The summed E-state index contributed by atoms with van der Waals surface area (Å²) >= 11 is 5.13. The molecule has 0 radical (unpaired) electrons. The molecule has 33 heavy (non-hydrogen) atoms. The van der Waals surface area contributed by atoms with Gasteiger partial charge in [-0.15, -0.1) is 6.58 Å². The second-order valence-electron chi connectivity index (χ2n) is 7.28. The average molecular weight is 454 g/mol. The molecule has 0 saturated carbocycles. The molecule has 0 unspecified atom stereocenters. The number of amides is 2. The maximum atomic E-state index is 13.0. The van der Waals surface area contributed by atoms with Crippen molar-refractivity contribution < 1.29 is 14.3 Å². The predicted octanol–water partition coefficient (Wildman–Crippen LogP) is 4.10. The van der Waals surface area contributed by atoms with Gasteiger partial charge in [0.15, 0.2) is 5.11 Å². The van der Waals surface area contributed by atoms with Gasteiger partial charge in [-0.25, -0.2) is 0 Å². The lowest BCUT2D eigenvalue weighted by Crippen LogP contribution is -2.53. The molecule has 162 valence electrons. The summed E-state index contributed by atoms with van der Waals surface area (Å²) in [5.41, 5.74) is 1.80. The van der Waals surface area contributed by atoms with Crippen molar-refractivity contribution in [3.63, 3.8) is 0 Å². The minimum atomic E-state index is -0.570. The fourth-order valence-corrected chi connectivity index (χ4v) is 3.84. The van der Waals surface area contributed by atoms with E-state index in [9.17, 15) is 14.9 Å². The molecule has 0 aromatic heterocycles. The Kier molecular flexibility index (Phi) is 6.29. The van der Waals surface area contributed by atoms with Crippen molar-refractivity contribution in [2.75, 3.05) is 6.54 Å². The van der Waals surface area contributed by atoms with E-state index in [1.54, 1.807) is 24.3 Å². The van der Waals surface area contributed by atoms with Crippen LogP contribution in [0.1, 0.15) is 16.7 Å². The van der Waals surface area contributed by atoms with E-state index in [0.717, 1.165) is 16.3 Å². The Balaban J connectivity index is 1.79. The van der Waals surface area contributed by atoms with Gasteiger partial charge in [0.2, 0.25) is 0 Å². The fraction of sp³-hybridized carbons (Fsp3) is 0.0769. The first-order valence-corrected chi connectivity index (χ1v) is 10.6. The highest BCUT2D eigenvalue weighted by Crippen LogP contribution is 2.32. The summed E-state index contributed by atoms with van der Waals surface area (Å²) in [6, 6.07) is 20.7. The predicted molar refractivity (Wildman–Crippen MR) is 130 cm³/mol. The van der Waals surface area contributed by atoms with Gasteiger partial charge in [0.25, 0.3) is 11.8 Å². The zero-order valence-corrected chi connectivity index (χ0v) is 18.4. The molecule has 0 bridgehead atoms. The molecular weight excluding hydrogens is 434 g/mol. The van der Waals surface area contributed by atoms with Crippen LogP contribution in [0.2, 0.25) is 0 Å². The highest BCUT2D eigenvalue weighted by Gasteiger charge is 2.33. The van der Waals surface area contributed by atoms with Crippen molar-refractivity contribution in [1.82, 2.24) is 10.2 Å². The maximum Gasteiger partial charge on any atom is 0.265 e. The van der Waals surface area contributed by atoms with Gasteiger partial charge in [-0.3, -0.25) is 19.8 Å². The molecule has 3 aromatic carbocycles. The highest BCUT2D eigenvalue weighted by atomic mass is 32.1. The lowest BCUT2D eigenvalue weighted by atomic mass is 9.99. The summed E-state index contributed by atoms with van der Waals surface area (Å²) in [5.74, 6) is -0.589. The van der Waals surface area contributed by atoms with Gasteiger partial charge in [-0.2, -0.15) is 5.26 Å². The summed E-state index contributed by atoms with van der Waals surface area (Å²) in [6.07, 6.45) is 3.07. The largest absolute Gasteiger partial charge is 0.488 e. The van der Waals surface area contributed by atoms with Gasteiger partial charge in [0.05, 0.1) is 11.6 Å². The van der Waals surface area contributed by atoms with Crippen LogP contribution in [0.5, 0.6) is 5.75 Å². The number of carbonyl (C=O) groups excluding carboxylic acids is 2. The molecule has 1 heterocycles. The Morgan fingerprint density at radius 2 is 1.85 bits per heavy atom. The van der Waals surface area contributed by atoms with Crippen molar-refractivity contribution >= 4 is 46.0 Å². The van der Waals surface area contributed by atoms with E-state index in [4.69, 9.17) is 17.0 Å². The number of thiocarbonyl (C=S) groups is 1. The van der Waals surface area contributed by atoms with Gasteiger partial charge in [-0.05, 0) is 41.2 Å². The van der Waals surface area contributed by atoms with E-state index in [2.05, 4.69) is 18.0 Å². The van der Waals surface area contributed by atoms with Gasteiger partial charge >= 0.3 is 0 Å². The second kappa shape index (κ2) is 9.47. The minimum absolute atomic E-state index is 0.0459. The molecule has 2 amide bonds. The Morgan fingerprint density at radius 1 is 1.09 bits per heavy atom. The SMILES string of the molecule is C=CCN1C(=O)/C(=C/c2c(OCc3ccccc3C#N)ccc3ccccc23)C(=O)NC1=S. The zero-order valence-electron chi connectivity index (χ0n) is 17.6. The molecule has 0 atom stereocenters. The van der Waals surface area contributed by atoms with Crippen LogP contribution in [0, 0.1) is 11.3 Å². The third-order valence-corrected chi connectivity index (χ3v) is 5.56. The molecule has 6 nitrogen and oxygen atoms in total. The molecule has 1 aliphatic heterocycles. The number of fused-ring (bicyclic) bond motifs is 1. The maximum absolute atomic E-state index is 13.0. The van der Waals surface area contributed by atoms with Crippen LogP contribution >= 0.6 is 12.2 Å². The van der Waals surface area contributed by atoms with E-state index in [1.807, 2.05) is 42.5 Å². The molecule has 0 aliphatic carbocycles. The molecule has 0 spiro atoms. The Hall–Kier alpha value is -4.28. The summed E-state index contributed by atoms with van der Waals surface area (Å²) in [4.78, 5) is 27.0. The fourth-order valence-electron chi connectivity index (χ4n) is 3.59. The molecular formula is C26H19N3O3S. The Labute approximate surface area is 196 Å². The number of rotatable bonds is 6. The summed E-state index contributed by atoms with van der Waals surface area (Å²) in [5, 5.41) is 13.7. The van der Waals surface area contributed by atoms with Crippen LogP contribution in [0.15, 0.2) is 78.9 Å². The summed E-state index contributed by atoms with van der Waals surface area (Å²) in [7, 11) is 0.